The highest BCUT2D eigenvalue weighted by Crippen LogP contribution is 2.27. The van der Waals surface area contributed by atoms with E-state index in [0.29, 0.717) is 22.7 Å². The Kier molecular flexibility index (Phi) is 4.51. The summed E-state index contributed by atoms with van der Waals surface area (Å²) in [7, 11) is 3.26. The lowest BCUT2D eigenvalue weighted by Crippen LogP contribution is -2.39. The molecule has 0 aliphatic rings. The molecule has 0 fully saturated rings. The van der Waals surface area contributed by atoms with Crippen LogP contribution in [0.15, 0.2) is 64.3 Å². The van der Waals surface area contributed by atoms with E-state index in [2.05, 4.69) is 0 Å². The van der Waals surface area contributed by atoms with Gasteiger partial charge in [0, 0.05) is 18.9 Å². The first-order valence-electron chi connectivity index (χ1n) is 10.3. The molecule has 2 aromatic carbocycles. The number of imidazole rings is 2. The van der Waals surface area contributed by atoms with E-state index < -0.39 is 5.69 Å². The molecule has 0 aliphatic carbocycles. The van der Waals surface area contributed by atoms with Crippen LogP contribution >= 0.6 is 0 Å². The van der Waals surface area contributed by atoms with Crippen molar-refractivity contribution in [2.45, 2.75) is 20.4 Å². The molecule has 5 rings (SSSR count). The van der Waals surface area contributed by atoms with Crippen molar-refractivity contribution in [3.8, 4) is 11.4 Å². The minimum absolute atomic E-state index is 0.202. The van der Waals surface area contributed by atoms with Crippen LogP contribution in [0.2, 0.25) is 0 Å². The second-order valence-corrected chi connectivity index (χ2v) is 7.89. The number of aromatic nitrogens is 5. The van der Waals surface area contributed by atoms with Crippen molar-refractivity contribution in [1.29, 1.82) is 0 Å². The third-order valence-electron chi connectivity index (χ3n) is 5.94. The molecular formula is C24H23N5O3. The highest BCUT2D eigenvalue weighted by Gasteiger charge is 2.22. The number of rotatable bonds is 4. The topological polar surface area (TPSA) is 75.5 Å². The number of fused-ring (bicyclic) bond motifs is 3. The predicted molar refractivity (Wildman–Crippen MR) is 123 cm³/mol. The van der Waals surface area contributed by atoms with Gasteiger partial charge in [0.25, 0.3) is 5.56 Å². The van der Waals surface area contributed by atoms with Crippen LogP contribution in [0.4, 0.5) is 0 Å². The molecule has 0 aliphatic heterocycles. The molecular weight excluding hydrogens is 406 g/mol. The number of hydrogen-bond donors (Lipinski definition) is 0. The first kappa shape index (κ1) is 19.9. The quantitative estimate of drug-likeness (QED) is 0.440. The standard InChI is InChI=1S/C24H23N5O3/c1-15-9-5-6-10-17(15)14-28-22(30)20-21(26(3)24(28)31)25-23-27(20)13-16(2)29(23)18-11-7-8-12-19(18)32-4/h5-13H,14H2,1-4H3. The number of nitrogens with zero attached hydrogens (tertiary/aromatic N) is 5. The van der Waals surface area contributed by atoms with Gasteiger partial charge in [0.1, 0.15) is 5.75 Å². The monoisotopic (exact) mass is 429 g/mol. The molecule has 162 valence electrons. The lowest BCUT2D eigenvalue weighted by atomic mass is 10.1. The Bertz CT molecular complexity index is 1620. The van der Waals surface area contributed by atoms with Gasteiger partial charge < -0.3 is 4.74 Å². The number of hydrogen-bond acceptors (Lipinski definition) is 4. The Balaban J connectivity index is 1.82. The molecule has 0 spiro atoms. The molecule has 32 heavy (non-hydrogen) atoms. The summed E-state index contributed by atoms with van der Waals surface area (Å²) in [6, 6.07) is 15.4. The molecule has 0 saturated heterocycles. The van der Waals surface area contributed by atoms with E-state index in [1.54, 1.807) is 18.6 Å². The molecule has 0 radical (unpaired) electrons. The summed E-state index contributed by atoms with van der Waals surface area (Å²) in [6.45, 7) is 4.12. The van der Waals surface area contributed by atoms with Gasteiger partial charge in [-0.05, 0) is 37.1 Å². The minimum atomic E-state index is -0.396. The maximum atomic E-state index is 13.5. The second kappa shape index (κ2) is 7.26. The van der Waals surface area contributed by atoms with Gasteiger partial charge in [0.15, 0.2) is 11.2 Å². The van der Waals surface area contributed by atoms with Gasteiger partial charge in [0.2, 0.25) is 5.78 Å². The molecule has 5 aromatic rings. The van der Waals surface area contributed by atoms with Crippen LogP contribution in [0.5, 0.6) is 5.75 Å². The summed E-state index contributed by atoms with van der Waals surface area (Å²) >= 11 is 0. The van der Waals surface area contributed by atoms with Crippen molar-refractivity contribution in [2.24, 2.45) is 7.05 Å². The van der Waals surface area contributed by atoms with E-state index in [-0.39, 0.29) is 12.1 Å². The lowest BCUT2D eigenvalue weighted by Gasteiger charge is -2.10. The fraction of sp³-hybridized carbons (Fsp3) is 0.208. The van der Waals surface area contributed by atoms with Crippen LogP contribution < -0.4 is 16.0 Å². The summed E-state index contributed by atoms with van der Waals surface area (Å²) in [5.74, 6) is 1.23. The van der Waals surface area contributed by atoms with Gasteiger partial charge in [-0.2, -0.15) is 4.98 Å². The molecule has 3 aromatic heterocycles. The number of para-hydroxylation sites is 2. The van der Waals surface area contributed by atoms with Crippen LogP contribution in [0, 0.1) is 13.8 Å². The fourth-order valence-electron chi connectivity index (χ4n) is 4.22. The maximum absolute atomic E-state index is 13.5. The van der Waals surface area contributed by atoms with Crippen LogP contribution in [-0.2, 0) is 13.6 Å². The number of aryl methyl sites for hydroxylation is 3. The van der Waals surface area contributed by atoms with Crippen molar-refractivity contribution in [1.82, 2.24) is 23.1 Å². The van der Waals surface area contributed by atoms with Crippen molar-refractivity contribution >= 4 is 16.9 Å². The average molecular weight is 429 g/mol. The number of benzene rings is 2. The maximum Gasteiger partial charge on any atom is 0.332 e. The van der Waals surface area contributed by atoms with E-state index in [0.717, 1.165) is 22.5 Å². The Hall–Kier alpha value is -4.07. The molecule has 0 bridgehead atoms. The van der Waals surface area contributed by atoms with E-state index >= 15 is 0 Å². The van der Waals surface area contributed by atoms with E-state index in [9.17, 15) is 9.59 Å². The van der Waals surface area contributed by atoms with Gasteiger partial charge in [0.05, 0.1) is 19.3 Å². The molecule has 8 nitrogen and oxygen atoms in total. The second-order valence-electron chi connectivity index (χ2n) is 7.89. The molecule has 8 heteroatoms. The van der Waals surface area contributed by atoms with Crippen molar-refractivity contribution in [3.05, 3.63) is 92.4 Å². The lowest BCUT2D eigenvalue weighted by molar-refractivity contribution is 0.413. The molecule has 0 amide bonds. The van der Waals surface area contributed by atoms with Gasteiger partial charge in [-0.25, -0.2) is 4.79 Å². The van der Waals surface area contributed by atoms with Gasteiger partial charge in [-0.15, -0.1) is 0 Å². The van der Waals surface area contributed by atoms with E-state index in [4.69, 9.17) is 9.72 Å². The third-order valence-corrected chi connectivity index (χ3v) is 5.94. The van der Waals surface area contributed by atoms with Crippen molar-refractivity contribution in [2.75, 3.05) is 7.11 Å². The summed E-state index contributed by atoms with van der Waals surface area (Å²) < 4.78 is 11.9. The Morgan fingerprint density at radius 3 is 2.47 bits per heavy atom. The highest BCUT2D eigenvalue weighted by molar-refractivity contribution is 5.76. The molecule has 0 unspecified atom stereocenters. The summed E-state index contributed by atoms with van der Waals surface area (Å²) in [4.78, 5) is 31.3. The largest absolute Gasteiger partial charge is 0.495 e. The van der Waals surface area contributed by atoms with Crippen LogP contribution in [-0.4, -0.2) is 30.2 Å². The van der Waals surface area contributed by atoms with Gasteiger partial charge >= 0.3 is 5.69 Å². The Labute approximate surface area is 183 Å². The van der Waals surface area contributed by atoms with E-state index in [1.165, 1.54) is 9.13 Å². The first-order valence-corrected chi connectivity index (χ1v) is 10.3. The average Bonchev–Trinajstić information content (AvgIpc) is 3.31. The number of methoxy groups -OCH3 is 1. The highest BCUT2D eigenvalue weighted by atomic mass is 16.5. The van der Waals surface area contributed by atoms with Gasteiger partial charge in [-0.1, -0.05) is 36.4 Å². The SMILES string of the molecule is COc1ccccc1-n1c(C)cn2c3c(=O)n(Cc4ccccc4C)c(=O)n(C)c3nc12. The van der Waals surface area contributed by atoms with Crippen LogP contribution in [0.3, 0.4) is 0 Å². The summed E-state index contributed by atoms with van der Waals surface area (Å²) in [5.41, 5.74) is 3.60. The molecule has 0 atom stereocenters. The normalized spacial score (nSPS) is 11.5. The van der Waals surface area contributed by atoms with Crippen LogP contribution in [0.25, 0.3) is 22.6 Å². The van der Waals surface area contributed by atoms with Gasteiger partial charge in [-0.3, -0.25) is 22.9 Å². The minimum Gasteiger partial charge on any atom is -0.495 e. The zero-order valence-electron chi connectivity index (χ0n) is 18.4. The fourth-order valence-corrected chi connectivity index (χ4v) is 4.22. The summed E-state index contributed by atoms with van der Waals surface area (Å²) in [5, 5.41) is 0. The predicted octanol–water partition coefficient (Wildman–Crippen LogP) is 2.81. The first-order chi connectivity index (χ1) is 15.4. The van der Waals surface area contributed by atoms with Crippen molar-refractivity contribution < 1.29 is 4.74 Å². The molecule has 3 heterocycles. The van der Waals surface area contributed by atoms with Crippen LogP contribution in [0.1, 0.15) is 16.8 Å². The zero-order valence-corrected chi connectivity index (χ0v) is 18.4. The Morgan fingerprint density at radius 2 is 1.72 bits per heavy atom. The smallest absolute Gasteiger partial charge is 0.332 e. The van der Waals surface area contributed by atoms with E-state index in [1.807, 2.05) is 73.1 Å². The third kappa shape index (κ3) is 2.80. The number of ether oxygens (including phenoxy) is 1. The molecule has 0 N–H and O–H groups in total. The zero-order chi connectivity index (χ0) is 22.6. The molecule has 0 saturated carbocycles. The van der Waals surface area contributed by atoms with Crippen molar-refractivity contribution in [3.63, 3.8) is 0 Å². The summed E-state index contributed by atoms with van der Waals surface area (Å²) in [6.07, 6.45) is 1.86. The Morgan fingerprint density at radius 1 is 1.00 bits per heavy atom.